The van der Waals surface area contributed by atoms with E-state index in [4.69, 9.17) is 5.11 Å². The van der Waals surface area contributed by atoms with Crippen molar-refractivity contribution >= 4 is 17.7 Å². The van der Waals surface area contributed by atoms with Crippen LogP contribution in [-0.2, 0) is 4.79 Å². The minimum Gasteiger partial charge on any atom is -0.480 e. The van der Waals surface area contributed by atoms with Gasteiger partial charge in [-0.3, -0.25) is 15.1 Å². The van der Waals surface area contributed by atoms with Gasteiger partial charge in [0.25, 0.3) is 0 Å². The van der Waals surface area contributed by atoms with E-state index in [2.05, 4.69) is 10.3 Å². The fourth-order valence-electron chi connectivity index (χ4n) is 1.83. The molecule has 5 heteroatoms. The summed E-state index contributed by atoms with van der Waals surface area (Å²) in [7, 11) is 0. The molecule has 0 radical (unpaired) electrons. The van der Waals surface area contributed by atoms with Crippen molar-refractivity contribution in [2.75, 3.05) is 0 Å². The lowest BCUT2D eigenvalue weighted by molar-refractivity contribution is -0.139. The zero-order valence-electron chi connectivity index (χ0n) is 9.18. The zero-order chi connectivity index (χ0) is 11.8. The summed E-state index contributed by atoms with van der Waals surface area (Å²) in [5, 5.41) is 12.3. The first kappa shape index (κ1) is 11.4. The Balaban J connectivity index is 2.21. The number of hydrogen-bond acceptors (Lipinski definition) is 4. The minimum absolute atomic E-state index is 0.0269. The lowest BCUT2D eigenvalue weighted by Gasteiger charge is -2.20. The van der Waals surface area contributed by atoms with Gasteiger partial charge in [0.2, 0.25) is 0 Å². The number of nitrogens with zero attached hydrogens (tertiary/aromatic N) is 1. The molecule has 1 fully saturated rings. The lowest BCUT2D eigenvalue weighted by Crippen LogP contribution is -2.43. The van der Waals surface area contributed by atoms with Crippen molar-refractivity contribution in [3.63, 3.8) is 0 Å². The van der Waals surface area contributed by atoms with Crippen molar-refractivity contribution in [2.24, 2.45) is 0 Å². The number of pyridine rings is 1. The van der Waals surface area contributed by atoms with Gasteiger partial charge in [0.05, 0.1) is 5.37 Å². The Morgan fingerprint density at radius 1 is 1.50 bits per heavy atom. The van der Waals surface area contributed by atoms with Gasteiger partial charge in [-0.1, -0.05) is 0 Å². The minimum atomic E-state index is -0.797. The number of carbonyl (C=O) groups is 1. The molecule has 1 aliphatic heterocycles. The van der Waals surface area contributed by atoms with Crippen LogP contribution < -0.4 is 5.32 Å². The normalized spacial score (nSPS) is 27.9. The molecule has 0 aliphatic carbocycles. The van der Waals surface area contributed by atoms with Gasteiger partial charge in [-0.25, -0.2) is 0 Å². The van der Waals surface area contributed by atoms with Crippen LogP contribution in [0.5, 0.6) is 0 Å². The molecule has 0 unspecified atom stereocenters. The van der Waals surface area contributed by atoms with Crippen LogP contribution in [0.15, 0.2) is 24.5 Å². The van der Waals surface area contributed by atoms with Gasteiger partial charge in [0.15, 0.2) is 0 Å². The SMILES string of the molecule is CC1(C)S[C@H](c2ccncc2)N[C@H]1C(=O)O. The molecule has 4 nitrogen and oxygen atoms in total. The summed E-state index contributed by atoms with van der Waals surface area (Å²) in [6.07, 6.45) is 3.44. The monoisotopic (exact) mass is 238 g/mol. The second kappa shape index (κ2) is 4.07. The van der Waals surface area contributed by atoms with Crippen LogP contribution in [0.3, 0.4) is 0 Å². The largest absolute Gasteiger partial charge is 0.480 e. The number of aromatic nitrogens is 1. The van der Waals surface area contributed by atoms with Gasteiger partial charge >= 0.3 is 5.97 Å². The van der Waals surface area contributed by atoms with Gasteiger partial charge in [-0.15, -0.1) is 11.8 Å². The molecule has 86 valence electrons. The van der Waals surface area contributed by atoms with E-state index in [-0.39, 0.29) is 10.1 Å². The summed E-state index contributed by atoms with van der Waals surface area (Å²) in [6, 6.07) is 3.30. The highest BCUT2D eigenvalue weighted by atomic mass is 32.2. The highest BCUT2D eigenvalue weighted by molar-refractivity contribution is 8.01. The van der Waals surface area contributed by atoms with Crippen molar-refractivity contribution in [1.82, 2.24) is 10.3 Å². The first-order valence-electron chi connectivity index (χ1n) is 5.07. The Morgan fingerprint density at radius 2 is 2.12 bits per heavy atom. The third kappa shape index (κ3) is 2.05. The van der Waals surface area contributed by atoms with E-state index in [1.54, 1.807) is 24.2 Å². The Morgan fingerprint density at radius 3 is 2.62 bits per heavy atom. The standard InChI is InChI=1S/C11H14N2O2S/c1-11(2)8(10(14)15)13-9(16-11)7-3-5-12-6-4-7/h3-6,8-9,13H,1-2H3,(H,14,15)/t8-,9+/m0/s1. The van der Waals surface area contributed by atoms with Crippen LogP contribution in [0.4, 0.5) is 0 Å². The maximum Gasteiger partial charge on any atom is 0.322 e. The van der Waals surface area contributed by atoms with E-state index in [9.17, 15) is 4.79 Å². The van der Waals surface area contributed by atoms with Crippen LogP contribution >= 0.6 is 11.8 Å². The molecule has 2 rings (SSSR count). The average Bonchev–Trinajstić information content (AvgIpc) is 2.56. The van der Waals surface area contributed by atoms with Gasteiger partial charge < -0.3 is 5.11 Å². The molecule has 1 saturated heterocycles. The fraction of sp³-hybridized carbons (Fsp3) is 0.455. The van der Waals surface area contributed by atoms with Gasteiger partial charge in [0.1, 0.15) is 6.04 Å². The quantitative estimate of drug-likeness (QED) is 0.820. The van der Waals surface area contributed by atoms with Crippen molar-refractivity contribution < 1.29 is 9.90 Å². The van der Waals surface area contributed by atoms with Crippen LogP contribution in [0.25, 0.3) is 0 Å². The first-order chi connectivity index (χ1) is 7.50. The van der Waals surface area contributed by atoms with Gasteiger partial charge in [-0.05, 0) is 31.5 Å². The second-order valence-corrected chi connectivity index (χ2v) is 6.08. The molecule has 0 bridgehead atoms. The number of thioether (sulfide) groups is 1. The molecule has 2 N–H and O–H groups in total. The summed E-state index contributed by atoms with van der Waals surface area (Å²) in [4.78, 5) is 15.1. The smallest absolute Gasteiger partial charge is 0.322 e. The number of rotatable bonds is 2. The molecular weight excluding hydrogens is 224 g/mol. The molecule has 0 aromatic carbocycles. The topological polar surface area (TPSA) is 62.2 Å². The predicted molar refractivity (Wildman–Crippen MR) is 63.2 cm³/mol. The van der Waals surface area contributed by atoms with Crippen LogP contribution in [0, 0.1) is 0 Å². The maximum atomic E-state index is 11.1. The molecule has 1 aromatic heterocycles. The van der Waals surface area contributed by atoms with E-state index < -0.39 is 12.0 Å². The molecule has 1 aromatic rings. The Hall–Kier alpha value is -1.07. The van der Waals surface area contributed by atoms with E-state index in [0.29, 0.717) is 0 Å². The average molecular weight is 238 g/mol. The molecule has 0 saturated carbocycles. The number of carboxylic acids is 1. The molecular formula is C11H14N2O2S. The van der Waals surface area contributed by atoms with Gasteiger partial charge in [-0.2, -0.15) is 0 Å². The van der Waals surface area contributed by atoms with Crippen molar-refractivity contribution in [1.29, 1.82) is 0 Å². The molecule has 1 aliphatic rings. The van der Waals surface area contributed by atoms with Crippen LogP contribution in [0.1, 0.15) is 24.8 Å². The van der Waals surface area contributed by atoms with Gasteiger partial charge in [0, 0.05) is 17.1 Å². The third-order valence-corrected chi connectivity index (χ3v) is 4.18. The molecule has 2 heterocycles. The van der Waals surface area contributed by atoms with Crippen molar-refractivity contribution in [3.8, 4) is 0 Å². The predicted octanol–water partition coefficient (Wildman–Crippen LogP) is 1.65. The molecule has 16 heavy (non-hydrogen) atoms. The maximum absolute atomic E-state index is 11.1. The molecule has 0 spiro atoms. The summed E-state index contributed by atoms with van der Waals surface area (Å²) in [5.41, 5.74) is 1.07. The first-order valence-corrected chi connectivity index (χ1v) is 5.95. The van der Waals surface area contributed by atoms with E-state index in [0.717, 1.165) is 5.56 Å². The van der Waals surface area contributed by atoms with E-state index >= 15 is 0 Å². The van der Waals surface area contributed by atoms with Crippen LogP contribution in [-0.4, -0.2) is 26.8 Å². The van der Waals surface area contributed by atoms with E-state index in [1.807, 2.05) is 26.0 Å². The zero-order valence-corrected chi connectivity index (χ0v) is 9.99. The Kier molecular flexibility index (Phi) is 2.90. The van der Waals surface area contributed by atoms with Crippen LogP contribution in [0.2, 0.25) is 0 Å². The summed E-state index contributed by atoms with van der Waals surface area (Å²) in [5.74, 6) is -0.797. The van der Waals surface area contributed by atoms with Crippen molar-refractivity contribution in [3.05, 3.63) is 30.1 Å². The number of nitrogens with one attached hydrogen (secondary N) is 1. The molecule has 0 amide bonds. The number of carboxylic acid groups (broad SMARTS) is 1. The summed E-state index contributed by atoms with van der Waals surface area (Å²) < 4.78 is -0.306. The second-order valence-electron chi connectivity index (χ2n) is 4.32. The highest BCUT2D eigenvalue weighted by Crippen LogP contribution is 2.45. The third-order valence-electron chi connectivity index (χ3n) is 2.69. The Labute approximate surface area is 98.5 Å². The number of hydrogen-bond donors (Lipinski definition) is 2. The van der Waals surface area contributed by atoms with E-state index in [1.165, 1.54) is 0 Å². The summed E-state index contributed by atoms with van der Waals surface area (Å²) >= 11 is 1.64. The van der Waals surface area contributed by atoms with Crippen molar-refractivity contribution in [2.45, 2.75) is 30.0 Å². The fourth-order valence-corrected chi connectivity index (χ4v) is 3.24. The summed E-state index contributed by atoms with van der Waals surface area (Å²) in [6.45, 7) is 3.90. The lowest BCUT2D eigenvalue weighted by atomic mass is 10.0. The Bertz CT molecular complexity index is 394. The highest BCUT2D eigenvalue weighted by Gasteiger charge is 2.45. The molecule has 2 atom stereocenters. The number of aliphatic carboxylic acids is 1.